The lowest BCUT2D eigenvalue weighted by atomic mass is 10.0. The van der Waals surface area contributed by atoms with Gasteiger partial charge in [0.15, 0.2) is 0 Å². The third-order valence-corrected chi connectivity index (χ3v) is 2.31. The first-order valence-electron chi connectivity index (χ1n) is 4.85. The molecule has 0 unspecified atom stereocenters. The van der Waals surface area contributed by atoms with Gasteiger partial charge in [-0.1, -0.05) is 30.3 Å². The SMILES string of the molecule is O=C1CC/C(=C\c2ccccc2)C(=O)N1. The number of nitrogens with one attached hydrogen (secondary N) is 1. The highest BCUT2D eigenvalue weighted by Gasteiger charge is 2.19. The van der Waals surface area contributed by atoms with Crippen LogP contribution < -0.4 is 5.32 Å². The topological polar surface area (TPSA) is 46.2 Å². The summed E-state index contributed by atoms with van der Waals surface area (Å²) in [5.74, 6) is -0.458. The van der Waals surface area contributed by atoms with Crippen molar-refractivity contribution in [3.05, 3.63) is 41.5 Å². The molecule has 0 spiro atoms. The average Bonchev–Trinajstić information content (AvgIpc) is 2.24. The minimum Gasteiger partial charge on any atom is -0.293 e. The number of rotatable bonds is 1. The van der Waals surface area contributed by atoms with E-state index in [1.807, 2.05) is 36.4 Å². The average molecular weight is 201 g/mol. The quantitative estimate of drug-likeness (QED) is 0.553. The predicted octanol–water partition coefficient (Wildman–Crippen LogP) is 1.51. The van der Waals surface area contributed by atoms with Crippen LogP contribution in [0.1, 0.15) is 18.4 Å². The van der Waals surface area contributed by atoms with Crippen LogP contribution in [0.3, 0.4) is 0 Å². The summed E-state index contributed by atoms with van der Waals surface area (Å²) in [6.07, 6.45) is 2.74. The predicted molar refractivity (Wildman–Crippen MR) is 56.8 cm³/mol. The van der Waals surface area contributed by atoms with Gasteiger partial charge in [0.2, 0.25) is 5.91 Å². The van der Waals surface area contributed by atoms with E-state index in [-0.39, 0.29) is 11.8 Å². The van der Waals surface area contributed by atoms with Crippen molar-refractivity contribution in [3.63, 3.8) is 0 Å². The molecule has 2 amide bonds. The fraction of sp³-hybridized carbons (Fsp3) is 0.167. The summed E-state index contributed by atoms with van der Waals surface area (Å²) >= 11 is 0. The first-order valence-corrected chi connectivity index (χ1v) is 4.85. The molecule has 15 heavy (non-hydrogen) atoms. The number of carbonyl (C=O) groups is 2. The summed E-state index contributed by atoms with van der Waals surface area (Å²) in [7, 11) is 0. The van der Waals surface area contributed by atoms with E-state index < -0.39 is 0 Å². The lowest BCUT2D eigenvalue weighted by molar-refractivity contribution is -0.130. The molecular weight excluding hydrogens is 190 g/mol. The van der Waals surface area contributed by atoms with Crippen LogP contribution in [0.4, 0.5) is 0 Å². The normalized spacial score (nSPS) is 19.1. The minimum absolute atomic E-state index is 0.190. The van der Waals surface area contributed by atoms with E-state index in [9.17, 15) is 9.59 Å². The summed E-state index contributed by atoms with van der Waals surface area (Å²) in [4.78, 5) is 22.3. The Morgan fingerprint density at radius 2 is 1.80 bits per heavy atom. The maximum Gasteiger partial charge on any atom is 0.253 e. The number of amides is 2. The summed E-state index contributed by atoms with van der Waals surface area (Å²) in [5.41, 5.74) is 1.65. The Labute approximate surface area is 87.8 Å². The number of piperidine rings is 1. The van der Waals surface area contributed by atoms with Gasteiger partial charge < -0.3 is 0 Å². The first-order chi connectivity index (χ1) is 7.25. The standard InChI is InChI=1S/C12H11NO2/c14-11-7-6-10(12(15)13-11)8-9-4-2-1-3-5-9/h1-5,8H,6-7H2,(H,13,14,15)/b10-8+. The van der Waals surface area contributed by atoms with Crippen LogP contribution in [-0.2, 0) is 9.59 Å². The molecule has 1 saturated heterocycles. The van der Waals surface area contributed by atoms with Crippen LogP contribution in [0.2, 0.25) is 0 Å². The van der Waals surface area contributed by atoms with Gasteiger partial charge in [-0.2, -0.15) is 0 Å². The maximum absolute atomic E-state index is 11.4. The van der Waals surface area contributed by atoms with Crippen molar-refractivity contribution in [3.8, 4) is 0 Å². The molecule has 1 aromatic carbocycles. The fourth-order valence-corrected chi connectivity index (χ4v) is 1.52. The van der Waals surface area contributed by atoms with E-state index in [4.69, 9.17) is 0 Å². The highest BCUT2D eigenvalue weighted by Crippen LogP contribution is 2.15. The molecule has 0 aliphatic carbocycles. The van der Waals surface area contributed by atoms with Gasteiger partial charge >= 0.3 is 0 Å². The van der Waals surface area contributed by atoms with Crippen LogP contribution in [0.15, 0.2) is 35.9 Å². The Balaban J connectivity index is 2.21. The molecule has 0 bridgehead atoms. The smallest absolute Gasteiger partial charge is 0.253 e. The largest absolute Gasteiger partial charge is 0.293 e. The molecule has 3 heteroatoms. The fourth-order valence-electron chi connectivity index (χ4n) is 1.52. The van der Waals surface area contributed by atoms with Gasteiger partial charge in [-0.15, -0.1) is 0 Å². The maximum atomic E-state index is 11.4. The van der Waals surface area contributed by atoms with Gasteiger partial charge in [-0.05, 0) is 18.1 Å². The number of carbonyl (C=O) groups excluding carboxylic acids is 2. The van der Waals surface area contributed by atoms with Crippen LogP contribution in [0.25, 0.3) is 6.08 Å². The third-order valence-electron chi connectivity index (χ3n) is 2.31. The van der Waals surface area contributed by atoms with E-state index in [0.717, 1.165) is 5.56 Å². The molecule has 0 aromatic heterocycles. The molecule has 76 valence electrons. The number of hydrogen-bond donors (Lipinski definition) is 1. The molecule has 0 saturated carbocycles. The van der Waals surface area contributed by atoms with Gasteiger partial charge in [0.05, 0.1) is 0 Å². The molecular formula is C12H11NO2. The lowest BCUT2D eigenvalue weighted by Gasteiger charge is -2.13. The summed E-state index contributed by atoms with van der Waals surface area (Å²) < 4.78 is 0. The van der Waals surface area contributed by atoms with Crippen molar-refractivity contribution in [1.29, 1.82) is 0 Å². The molecule has 1 aliphatic heterocycles. The second-order valence-electron chi connectivity index (χ2n) is 3.46. The molecule has 1 fully saturated rings. The van der Waals surface area contributed by atoms with Gasteiger partial charge in [-0.3, -0.25) is 14.9 Å². The minimum atomic E-state index is -0.268. The van der Waals surface area contributed by atoms with Crippen molar-refractivity contribution in [1.82, 2.24) is 5.32 Å². The van der Waals surface area contributed by atoms with Crippen LogP contribution in [0.5, 0.6) is 0 Å². The Hall–Kier alpha value is -1.90. The van der Waals surface area contributed by atoms with Gasteiger partial charge in [-0.25, -0.2) is 0 Å². The zero-order valence-electron chi connectivity index (χ0n) is 8.19. The Morgan fingerprint density at radius 1 is 1.07 bits per heavy atom. The summed E-state index contributed by atoms with van der Waals surface area (Å²) in [6, 6.07) is 9.61. The van der Waals surface area contributed by atoms with Crippen molar-refractivity contribution in [2.75, 3.05) is 0 Å². The molecule has 0 atom stereocenters. The van der Waals surface area contributed by atoms with E-state index in [0.29, 0.717) is 18.4 Å². The lowest BCUT2D eigenvalue weighted by Crippen LogP contribution is -2.35. The summed E-state index contributed by atoms with van der Waals surface area (Å²) in [5, 5.41) is 2.30. The van der Waals surface area contributed by atoms with Gasteiger partial charge in [0.25, 0.3) is 5.91 Å². The number of hydrogen-bond acceptors (Lipinski definition) is 2. The Kier molecular flexibility index (Phi) is 2.63. The molecule has 3 nitrogen and oxygen atoms in total. The molecule has 1 heterocycles. The van der Waals surface area contributed by atoms with Crippen LogP contribution >= 0.6 is 0 Å². The van der Waals surface area contributed by atoms with Crippen molar-refractivity contribution in [2.45, 2.75) is 12.8 Å². The van der Waals surface area contributed by atoms with Crippen molar-refractivity contribution >= 4 is 17.9 Å². The second-order valence-corrected chi connectivity index (χ2v) is 3.46. The zero-order valence-corrected chi connectivity index (χ0v) is 8.19. The van der Waals surface area contributed by atoms with E-state index in [2.05, 4.69) is 5.32 Å². The molecule has 0 radical (unpaired) electrons. The number of imide groups is 1. The molecule has 1 aliphatic rings. The van der Waals surface area contributed by atoms with Crippen molar-refractivity contribution < 1.29 is 9.59 Å². The second kappa shape index (κ2) is 4.09. The Morgan fingerprint density at radius 3 is 2.47 bits per heavy atom. The van der Waals surface area contributed by atoms with E-state index in [1.54, 1.807) is 0 Å². The summed E-state index contributed by atoms with van der Waals surface area (Å²) in [6.45, 7) is 0. The molecule has 1 N–H and O–H groups in total. The van der Waals surface area contributed by atoms with Gasteiger partial charge in [0, 0.05) is 12.0 Å². The van der Waals surface area contributed by atoms with Crippen LogP contribution in [-0.4, -0.2) is 11.8 Å². The highest BCUT2D eigenvalue weighted by molar-refractivity contribution is 6.09. The van der Waals surface area contributed by atoms with E-state index >= 15 is 0 Å². The number of benzene rings is 1. The monoisotopic (exact) mass is 201 g/mol. The van der Waals surface area contributed by atoms with E-state index in [1.165, 1.54) is 0 Å². The van der Waals surface area contributed by atoms with Gasteiger partial charge in [0.1, 0.15) is 0 Å². The third kappa shape index (κ3) is 2.31. The Bertz CT molecular complexity index is 421. The zero-order chi connectivity index (χ0) is 10.7. The first kappa shape index (κ1) is 9.65. The van der Waals surface area contributed by atoms with Crippen molar-refractivity contribution in [2.24, 2.45) is 0 Å². The van der Waals surface area contributed by atoms with Crippen LogP contribution in [0, 0.1) is 0 Å². The highest BCUT2D eigenvalue weighted by atomic mass is 16.2. The molecule has 1 aromatic rings. The molecule has 2 rings (SSSR count).